The van der Waals surface area contributed by atoms with Gasteiger partial charge in [-0.3, -0.25) is 9.79 Å². The van der Waals surface area contributed by atoms with Gasteiger partial charge in [0, 0.05) is 10.7 Å². The summed E-state index contributed by atoms with van der Waals surface area (Å²) in [5, 5.41) is 0.691. The highest BCUT2D eigenvalue weighted by Crippen LogP contribution is 2.38. The number of anilines is 1. The first-order valence-corrected chi connectivity index (χ1v) is 8.32. The molecule has 1 aliphatic heterocycles. The van der Waals surface area contributed by atoms with E-state index in [4.69, 9.17) is 16.6 Å². The Morgan fingerprint density at radius 3 is 2.91 bits per heavy atom. The number of hydrogen-bond acceptors (Lipinski definition) is 2. The van der Waals surface area contributed by atoms with Crippen LogP contribution in [0.5, 0.6) is 0 Å². The Morgan fingerprint density at radius 2 is 2.04 bits per heavy atom. The highest BCUT2D eigenvalue weighted by molar-refractivity contribution is 6.30. The van der Waals surface area contributed by atoms with E-state index in [1.165, 1.54) is 0 Å². The molecule has 2 aromatic rings. The third-order valence-corrected chi connectivity index (χ3v) is 4.79. The number of carbonyl (C=O) groups excluding carboxylic acids is 1. The first-order chi connectivity index (χ1) is 11.2. The Bertz CT molecular complexity index is 799. The van der Waals surface area contributed by atoms with Gasteiger partial charge < -0.3 is 4.90 Å². The molecule has 116 valence electrons. The number of para-hydroxylation sites is 2. The fourth-order valence-electron chi connectivity index (χ4n) is 3.46. The lowest BCUT2D eigenvalue weighted by Crippen LogP contribution is -2.36. The Kier molecular flexibility index (Phi) is 3.66. The van der Waals surface area contributed by atoms with Crippen LogP contribution in [-0.4, -0.2) is 11.6 Å². The van der Waals surface area contributed by atoms with Gasteiger partial charge in [0.25, 0.3) is 0 Å². The van der Waals surface area contributed by atoms with E-state index in [0.717, 1.165) is 41.9 Å². The molecule has 23 heavy (non-hydrogen) atoms. The second kappa shape index (κ2) is 5.82. The first-order valence-electron chi connectivity index (χ1n) is 7.95. The summed E-state index contributed by atoms with van der Waals surface area (Å²) < 4.78 is 0. The van der Waals surface area contributed by atoms with E-state index >= 15 is 0 Å². The third-order valence-electron chi connectivity index (χ3n) is 4.56. The molecule has 1 aliphatic carbocycles. The molecule has 1 atom stereocenters. The summed E-state index contributed by atoms with van der Waals surface area (Å²) in [7, 11) is 0. The number of rotatable bonds is 2. The summed E-state index contributed by atoms with van der Waals surface area (Å²) in [5.41, 5.74) is 3.85. The average Bonchev–Trinajstić information content (AvgIpc) is 2.97. The highest BCUT2D eigenvalue weighted by Gasteiger charge is 2.36. The zero-order chi connectivity index (χ0) is 15.8. The molecule has 1 amide bonds. The van der Waals surface area contributed by atoms with Crippen molar-refractivity contribution in [2.45, 2.75) is 25.8 Å². The van der Waals surface area contributed by atoms with Gasteiger partial charge in [0.05, 0.1) is 23.8 Å². The van der Waals surface area contributed by atoms with Crippen LogP contribution in [-0.2, 0) is 11.3 Å². The van der Waals surface area contributed by atoms with Gasteiger partial charge in [0.2, 0.25) is 5.91 Å². The molecule has 2 aliphatic rings. The zero-order valence-electron chi connectivity index (χ0n) is 12.7. The number of carbonyl (C=O) groups is 1. The van der Waals surface area contributed by atoms with Gasteiger partial charge in [0.1, 0.15) is 0 Å². The molecule has 0 unspecified atom stereocenters. The molecule has 0 aromatic heterocycles. The minimum absolute atomic E-state index is 0.0680. The molecule has 1 saturated carbocycles. The summed E-state index contributed by atoms with van der Waals surface area (Å²) >= 11 is 6.09. The third kappa shape index (κ3) is 2.66. The molecule has 0 bridgehead atoms. The standard InChI is InChI=1S/C19H17ClN2O/c20-14-6-3-5-13(11-14)12-22-18-10-2-1-8-17(18)21-16-9-4-7-15(16)19(22)23/h1-3,5-6,8,10-11,15H,4,7,9,12H2/t15-/m1/s1. The van der Waals surface area contributed by atoms with Crippen LogP contribution >= 0.6 is 11.6 Å². The second-order valence-electron chi connectivity index (χ2n) is 6.09. The van der Waals surface area contributed by atoms with Crippen molar-refractivity contribution in [3.8, 4) is 0 Å². The topological polar surface area (TPSA) is 32.7 Å². The molecule has 0 radical (unpaired) electrons. The van der Waals surface area contributed by atoms with Crippen LogP contribution in [0.1, 0.15) is 24.8 Å². The van der Waals surface area contributed by atoms with Crippen molar-refractivity contribution in [3.05, 3.63) is 59.1 Å². The van der Waals surface area contributed by atoms with Crippen molar-refractivity contribution in [1.29, 1.82) is 0 Å². The van der Waals surface area contributed by atoms with Crippen molar-refractivity contribution in [2.24, 2.45) is 10.9 Å². The first kappa shape index (κ1) is 14.5. The number of nitrogens with zero attached hydrogens (tertiary/aromatic N) is 2. The van der Waals surface area contributed by atoms with Crippen LogP contribution in [0.25, 0.3) is 0 Å². The van der Waals surface area contributed by atoms with Crippen molar-refractivity contribution >= 4 is 34.6 Å². The van der Waals surface area contributed by atoms with Crippen LogP contribution in [0.3, 0.4) is 0 Å². The molecule has 1 heterocycles. The molecular formula is C19H17ClN2O. The summed E-state index contributed by atoms with van der Waals surface area (Å²) in [5.74, 6) is 0.0905. The molecular weight excluding hydrogens is 308 g/mol. The molecule has 3 nitrogen and oxygen atoms in total. The largest absolute Gasteiger partial charge is 0.305 e. The fraction of sp³-hybridized carbons (Fsp3) is 0.263. The maximum absolute atomic E-state index is 13.1. The maximum Gasteiger partial charge on any atom is 0.236 e. The monoisotopic (exact) mass is 324 g/mol. The molecule has 4 rings (SSSR count). The SMILES string of the molecule is O=C1[C@@H]2CCCC2=Nc2ccccc2N1Cc1cccc(Cl)c1. The smallest absolute Gasteiger partial charge is 0.236 e. The summed E-state index contributed by atoms with van der Waals surface area (Å²) in [4.78, 5) is 19.7. The molecule has 1 fully saturated rings. The molecule has 0 N–H and O–H groups in total. The predicted molar refractivity (Wildman–Crippen MR) is 93.5 cm³/mol. The lowest BCUT2D eigenvalue weighted by atomic mass is 10.0. The number of aliphatic imine (C=N–C) groups is 1. The van der Waals surface area contributed by atoms with Gasteiger partial charge in [-0.05, 0) is 49.1 Å². The minimum Gasteiger partial charge on any atom is -0.305 e. The number of hydrogen-bond donors (Lipinski definition) is 0. The quantitative estimate of drug-likeness (QED) is 0.784. The van der Waals surface area contributed by atoms with Crippen molar-refractivity contribution in [2.75, 3.05) is 4.90 Å². The zero-order valence-corrected chi connectivity index (χ0v) is 13.5. The van der Waals surface area contributed by atoms with E-state index in [2.05, 4.69) is 0 Å². The van der Waals surface area contributed by atoms with Gasteiger partial charge in [-0.25, -0.2) is 0 Å². The Labute approximate surface area is 140 Å². The summed E-state index contributed by atoms with van der Waals surface area (Å²) in [6, 6.07) is 15.6. The van der Waals surface area contributed by atoms with Gasteiger partial charge in [-0.15, -0.1) is 0 Å². The number of benzene rings is 2. The Hall–Kier alpha value is -2.13. The summed E-state index contributed by atoms with van der Waals surface area (Å²) in [6.07, 6.45) is 2.87. The molecule has 0 saturated heterocycles. The van der Waals surface area contributed by atoms with Gasteiger partial charge in [0.15, 0.2) is 0 Å². The van der Waals surface area contributed by atoms with E-state index in [0.29, 0.717) is 11.6 Å². The highest BCUT2D eigenvalue weighted by atomic mass is 35.5. The van der Waals surface area contributed by atoms with Crippen LogP contribution in [0.15, 0.2) is 53.5 Å². The van der Waals surface area contributed by atoms with Crippen molar-refractivity contribution < 1.29 is 4.79 Å². The Morgan fingerprint density at radius 1 is 1.17 bits per heavy atom. The average molecular weight is 325 g/mol. The number of halogens is 1. The van der Waals surface area contributed by atoms with E-state index in [9.17, 15) is 4.79 Å². The van der Waals surface area contributed by atoms with Crippen LogP contribution in [0.2, 0.25) is 5.02 Å². The van der Waals surface area contributed by atoms with Crippen molar-refractivity contribution in [3.63, 3.8) is 0 Å². The summed E-state index contributed by atoms with van der Waals surface area (Å²) in [6.45, 7) is 0.524. The van der Waals surface area contributed by atoms with Crippen LogP contribution < -0.4 is 4.90 Å². The van der Waals surface area contributed by atoms with Gasteiger partial charge >= 0.3 is 0 Å². The maximum atomic E-state index is 13.1. The van der Waals surface area contributed by atoms with E-state index in [1.807, 2.05) is 53.4 Å². The minimum atomic E-state index is -0.0680. The lowest BCUT2D eigenvalue weighted by Gasteiger charge is -2.25. The van der Waals surface area contributed by atoms with E-state index in [1.54, 1.807) is 0 Å². The van der Waals surface area contributed by atoms with Gasteiger partial charge in [-0.1, -0.05) is 35.9 Å². The second-order valence-corrected chi connectivity index (χ2v) is 6.53. The number of amides is 1. The van der Waals surface area contributed by atoms with Gasteiger partial charge in [-0.2, -0.15) is 0 Å². The van der Waals surface area contributed by atoms with E-state index in [-0.39, 0.29) is 11.8 Å². The molecule has 2 aromatic carbocycles. The van der Waals surface area contributed by atoms with Crippen LogP contribution in [0.4, 0.5) is 11.4 Å². The molecule has 0 spiro atoms. The predicted octanol–water partition coefficient (Wildman–Crippen LogP) is 4.76. The van der Waals surface area contributed by atoms with Crippen LogP contribution in [0, 0.1) is 5.92 Å². The molecule has 4 heteroatoms. The van der Waals surface area contributed by atoms with Crippen molar-refractivity contribution in [1.82, 2.24) is 0 Å². The van der Waals surface area contributed by atoms with E-state index < -0.39 is 0 Å². The normalized spacial score (nSPS) is 19.9. The number of fused-ring (bicyclic) bond motifs is 2. The lowest BCUT2D eigenvalue weighted by molar-refractivity contribution is -0.120. The Balaban J connectivity index is 1.77. The fourth-order valence-corrected chi connectivity index (χ4v) is 3.67.